The van der Waals surface area contributed by atoms with Crippen molar-refractivity contribution < 1.29 is 22.2 Å². The number of hydrogen-bond donors (Lipinski definition) is 8. The lowest BCUT2D eigenvalue weighted by molar-refractivity contribution is 0.0443. The van der Waals surface area contributed by atoms with Gasteiger partial charge in [0, 0.05) is 23.3 Å². The Morgan fingerprint density at radius 2 is 0.825 bits per heavy atom. The van der Waals surface area contributed by atoms with E-state index in [1.807, 2.05) is 0 Å². The van der Waals surface area contributed by atoms with Crippen LogP contribution >= 0.6 is 0 Å². The molecule has 4 saturated carbocycles. The minimum atomic E-state index is -4.29. The lowest BCUT2D eigenvalue weighted by Crippen LogP contribution is -2.62. The van der Waals surface area contributed by atoms with E-state index in [2.05, 4.69) is 42.5 Å². The average Bonchev–Trinajstić information content (AvgIpc) is 3.99. The first-order valence-electron chi connectivity index (χ1n) is 22.2. The maximum absolute atomic E-state index is 13.9. The number of carbonyl (C=O) groups is 2. The van der Waals surface area contributed by atoms with E-state index >= 15 is 0 Å². The van der Waals surface area contributed by atoms with Crippen molar-refractivity contribution in [2.45, 2.75) is 152 Å². The van der Waals surface area contributed by atoms with Crippen molar-refractivity contribution in [2.75, 3.05) is 5.88 Å². The van der Waals surface area contributed by atoms with Gasteiger partial charge in [0.25, 0.3) is 21.9 Å². The third kappa shape index (κ3) is 6.99. The van der Waals surface area contributed by atoms with Crippen LogP contribution in [0.4, 0.5) is 0 Å². The molecule has 8 bridgehead atoms. The van der Waals surface area contributed by atoms with E-state index in [-0.39, 0.29) is 89.6 Å². The Balaban J connectivity index is 0.00000396. The third-order valence-electron chi connectivity index (χ3n) is 16.3. The van der Waals surface area contributed by atoms with Crippen LogP contribution in [-0.2, 0) is 14.3 Å². The molecule has 17 atom stereocenters. The van der Waals surface area contributed by atoms with Crippen molar-refractivity contribution in [3.63, 3.8) is 0 Å². The second kappa shape index (κ2) is 15.7. The summed E-state index contributed by atoms with van der Waals surface area (Å²) in [6.45, 7) is 0. The van der Waals surface area contributed by atoms with Gasteiger partial charge in [-0.3, -0.25) is 61.2 Å². The van der Waals surface area contributed by atoms with Crippen LogP contribution in [-0.4, -0.2) is 104 Å². The number of benzene rings is 1. The van der Waals surface area contributed by atoms with E-state index in [0.717, 1.165) is 24.2 Å². The van der Waals surface area contributed by atoms with Crippen LogP contribution in [0.5, 0.6) is 0 Å². The molecule has 3 radical (unpaired) electrons. The molecule has 1 aromatic carbocycles. The zero-order valence-electron chi connectivity index (χ0n) is 32.9. The Kier molecular flexibility index (Phi) is 10.9. The summed E-state index contributed by atoms with van der Waals surface area (Å²) in [5, 5.41) is 32.9. The fourth-order valence-electron chi connectivity index (χ4n) is 13.8. The Morgan fingerprint density at radius 3 is 1.21 bits per heavy atom. The van der Waals surface area contributed by atoms with Gasteiger partial charge in [-0.2, -0.15) is 8.42 Å². The fraction of sp³-hybridized carbons (Fsp3) is 0.805. The van der Waals surface area contributed by atoms with Crippen LogP contribution in [0.25, 0.3) is 0 Å². The van der Waals surface area contributed by atoms with Crippen molar-refractivity contribution in [1.29, 1.82) is 0 Å². The van der Waals surface area contributed by atoms with E-state index in [1.54, 1.807) is 24.3 Å². The summed E-state index contributed by atoms with van der Waals surface area (Å²) in [6.07, 6.45) is 17.6. The van der Waals surface area contributed by atoms with E-state index < -0.39 is 33.9 Å². The summed E-state index contributed by atoms with van der Waals surface area (Å²) < 4.78 is 34.0. The lowest BCUT2D eigenvalue weighted by Gasteiger charge is -2.39. The molecule has 10 aliphatic rings. The molecule has 16 heteroatoms. The Morgan fingerprint density at radius 1 is 0.491 bits per heavy atom. The van der Waals surface area contributed by atoms with Gasteiger partial charge in [0.2, 0.25) is 0 Å². The molecule has 6 aliphatic heterocycles. The number of fused-ring (bicyclic) bond motifs is 21. The number of rotatable bonds is 4. The SMILES string of the molecule is O=C1c2ccccc2C(=O)N1CS(=O)(=O)OC1CCCC2C3NC4NC(NC5NC(NC6NC(NC(N3)C12)C1CCCCC61)C1CCCCC51)C1CCCCC41.[Al]. The molecule has 8 N–H and O–H groups in total. The van der Waals surface area contributed by atoms with Gasteiger partial charge in [-0.15, -0.1) is 0 Å². The number of hydrogen-bond acceptors (Lipinski definition) is 13. The van der Waals surface area contributed by atoms with Crippen LogP contribution in [0.15, 0.2) is 24.3 Å². The topological polar surface area (TPSA) is 177 Å². The number of nitrogens with zero attached hydrogens (tertiary/aromatic N) is 1. The fourth-order valence-corrected chi connectivity index (χ4v) is 15.1. The second-order valence-corrected chi connectivity index (χ2v) is 20.6. The summed E-state index contributed by atoms with van der Waals surface area (Å²) in [7, 11) is -4.29. The molecule has 9 fully saturated rings. The molecule has 1 aromatic rings. The minimum Gasteiger partial charge on any atom is -0.286 e. The van der Waals surface area contributed by atoms with Gasteiger partial charge in [0.1, 0.15) is 0 Å². The van der Waals surface area contributed by atoms with Crippen molar-refractivity contribution in [2.24, 2.45) is 47.3 Å². The second-order valence-electron chi connectivity index (χ2n) is 19.1. The zero-order valence-corrected chi connectivity index (χ0v) is 34.9. The van der Waals surface area contributed by atoms with Gasteiger partial charge in [0.15, 0.2) is 5.88 Å². The molecular weight excluding hydrogens is 758 g/mol. The molecule has 14 nitrogen and oxygen atoms in total. The zero-order chi connectivity index (χ0) is 37.7. The molecule has 2 amide bonds. The highest BCUT2D eigenvalue weighted by molar-refractivity contribution is 7.86. The van der Waals surface area contributed by atoms with E-state index in [0.29, 0.717) is 41.9 Å². The van der Waals surface area contributed by atoms with Gasteiger partial charge < -0.3 is 0 Å². The van der Waals surface area contributed by atoms with Crippen molar-refractivity contribution in [1.82, 2.24) is 47.4 Å². The Bertz CT molecular complexity index is 1770. The predicted molar refractivity (Wildman–Crippen MR) is 214 cm³/mol. The molecule has 4 aliphatic carbocycles. The van der Waals surface area contributed by atoms with Crippen LogP contribution in [0.2, 0.25) is 0 Å². The van der Waals surface area contributed by atoms with Gasteiger partial charge in [-0.1, -0.05) is 57.1 Å². The van der Waals surface area contributed by atoms with E-state index in [9.17, 15) is 18.0 Å². The molecule has 17 unspecified atom stereocenters. The first kappa shape index (κ1) is 39.6. The maximum Gasteiger partial charge on any atom is 0.286 e. The number of carbonyl (C=O) groups excluding carboxylic acids is 2. The molecule has 6 heterocycles. The van der Waals surface area contributed by atoms with Crippen LogP contribution in [0, 0.1) is 47.3 Å². The molecule has 5 saturated heterocycles. The highest BCUT2D eigenvalue weighted by Crippen LogP contribution is 2.46. The third-order valence-corrected chi connectivity index (χ3v) is 17.4. The van der Waals surface area contributed by atoms with Crippen LogP contribution in [0.1, 0.15) is 117 Å². The highest BCUT2D eigenvalue weighted by Gasteiger charge is 2.56. The van der Waals surface area contributed by atoms with E-state index in [4.69, 9.17) is 4.18 Å². The first-order chi connectivity index (χ1) is 27.3. The summed E-state index contributed by atoms with van der Waals surface area (Å²) >= 11 is 0. The van der Waals surface area contributed by atoms with Crippen molar-refractivity contribution in [3.8, 4) is 0 Å². The van der Waals surface area contributed by atoms with Gasteiger partial charge in [-0.25, -0.2) is 0 Å². The van der Waals surface area contributed by atoms with Gasteiger partial charge in [0.05, 0.1) is 66.6 Å². The Hall–Kier alpha value is -1.52. The van der Waals surface area contributed by atoms with E-state index in [1.165, 1.54) is 70.6 Å². The van der Waals surface area contributed by atoms with Crippen molar-refractivity contribution >= 4 is 39.3 Å². The number of imide groups is 1. The quantitative estimate of drug-likeness (QED) is 0.126. The smallest absolute Gasteiger partial charge is 0.286 e. The lowest BCUT2D eigenvalue weighted by atomic mass is 9.75. The molecule has 309 valence electrons. The molecule has 57 heavy (non-hydrogen) atoms. The van der Waals surface area contributed by atoms with Crippen LogP contribution < -0.4 is 42.5 Å². The predicted octanol–water partition coefficient (Wildman–Crippen LogP) is 1.80. The molecule has 0 spiro atoms. The molecule has 0 aromatic heterocycles. The summed E-state index contributed by atoms with van der Waals surface area (Å²) in [5.41, 5.74) is 0.467. The Labute approximate surface area is 347 Å². The summed E-state index contributed by atoms with van der Waals surface area (Å²) in [4.78, 5) is 27.2. The first-order valence-corrected chi connectivity index (χ1v) is 23.8. The standard InChI is InChI=1S/C41H61N9O5S.Al/c51-40-27-16-7-8-17-28(27)41(52)50(40)20-56(53,54)55-30-19-9-18-29-31(30)39-48-37-26-15-6-5-14-25(26)35(46-37)44-33-22-11-2-1-10-21(22)32(42-33)43-34-23-12-3-4-13-24(23)36(45-34)47-38(29)49-39;/h7-8,16-17,21-26,29-39,42-49H,1-6,9-15,18-20H2;. The van der Waals surface area contributed by atoms with Crippen LogP contribution in [0.3, 0.4) is 0 Å². The number of amides is 2. The average molecular weight is 819 g/mol. The van der Waals surface area contributed by atoms with Gasteiger partial charge in [-0.05, 0) is 105 Å². The maximum atomic E-state index is 13.9. The minimum absolute atomic E-state index is 0. The molecule has 11 rings (SSSR count). The normalized spacial score (nSPS) is 46.4. The van der Waals surface area contributed by atoms with Gasteiger partial charge >= 0.3 is 0 Å². The summed E-state index contributed by atoms with van der Waals surface area (Å²) in [6, 6.07) is 6.51. The highest BCUT2D eigenvalue weighted by atomic mass is 32.2. The summed E-state index contributed by atoms with van der Waals surface area (Å²) in [5.74, 6) is 1.28. The monoisotopic (exact) mass is 818 g/mol. The number of nitrogens with one attached hydrogen (secondary N) is 8. The largest absolute Gasteiger partial charge is 0.286 e. The van der Waals surface area contributed by atoms with Crippen molar-refractivity contribution in [3.05, 3.63) is 35.4 Å². The molecular formula is C41H61AlN9O5S.